The molecule has 0 N–H and O–H groups in total. The number of hydrogen-bond acceptors (Lipinski definition) is 4. The lowest BCUT2D eigenvalue weighted by atomic mass is 9.96. The fourth-order valence-electron chi connectivity index (χ4n) is 8.67. The van der Waals surface area contributed by atoms with Crippen LogP contribution < -0.4 is 4.90 Å². The summed E-state index contributed by atoms with van der Waals surface area (Å²) >= 11 is 1.87. The summed E-state index contributed by atoms with van der Waals surface area (Å²) in [5.74, 6) is 0. The van der Waals surface area contributed by atoms with Gasteiger partial charge < -0.3 is 13.7 Å². The first-order valence-corrected chi connectivity index (χ1v) is 19.7. The summed E-state index contributed by atoms with van der Waals surface area (Å²) in [7, 11) is 0. The van der Waals surface area contributed by atoms with E-state index in [9.17, 15) is 0 Å². The van der Waals surface area contributed by atoms with Crippen LogP contribution in [0.5, 0.6) is 0 Å². The van der Waals surface area contributed by atoms with E-state index in [-0.39, 0.29) is 0 Å². The molecule has 12 rings (SSSR count). The van der Waals surface area contributed by atoms with Crippen LogP contribution in [0.1, 0.15) is 0 Å². The van der Waals surface area contributed by atoms with E-state index in [1.165, 1.54) is 53.2 Å². The second-order valence-corrected chi connectivity index (χ2v) is 15.5. The van der Waals surface area contributed by atoms with Crippen molar-refractivity contribution in [3.8, 4) is 22.3 Å². The molecule has 3 aromatic heterocycles. The highest BCUT2D eigenvalue weighted by atomic mass is 32.1. The van der Waals surface area contributed by atoms with Gasteiger partial charge in [-0.05, 0) is 94.2 Å². The summed E-state index contributed by atoms with van der Waals surface area (Å²) in [5, 5.41) is 9.45. The van der Waals surface area contributed by atoms with Crippen LogP contribution in [-0.4, -0.2) is 0 Å². The molecule has 4 heteroatoms. The van der Waals surface area contributed by atoms with E-state index in [2.05, 4.69) is 181 Å². The Hall–Kier alpha value is -7.14. The van der Waals surface area contributed by atoms with E-state index in [0.29, 0.717) is 0 Å². The lowest BCUT2D eigenvalue weighted by molar-refractivity contribution is 0.668. The summed E-state index contributed by atoms with van der Waals surface area (Å²) in [4.78, 5) is 2.34. The average molecular weight is 734 g/mol. The van der Waals surface area contributed by atoms with Crippen molar-refractivity contribution < 1.29 is 8.83 Å². The average Bonchev–Trinajstić information content (AvgIpc) is 3.95. The zero-order valence-corrected chi connectivity index (χ0v) is 30.9. The molecule has 0 saturated carbocycles. The lowest BCUT2D eigenvalue weighted by Crippen LogP contribution is -2.09. The third kappa shape index (κ3) is 4.76. The van der Waals surface area contributed by atoms with Crippen molar-refractivity contribution in [2.75, 3.05) is 4.90 Å². The summed E-state index contributed by atoms with van der Waals surface area (Å²) in [5.41, 5.74) is 11.6. The number of fused-ring (bicyclic) bond motifs is 10. The van der Waals surface area contributed by atoms with Crippen LogP contribution in [0.25, 0.3) is 97.1 Å². The fourth-order valence-corrected chi connectivity index (χ4v) is 10.0. The molecule has 0 aliphatic carbocycles. The van der Waals surface area contributed by atoms with Gasteiger partial charge >= 0.3 is 0 Å². The number of thiophene rings is 1. The molecule has 12 aromatic rings. The normalized spacial score (nSPS) is 11.9. The van der Waals surface area contributed by atoms with Gasteiger partial charge in [0.25, 0.3) is 0 Å². The molecular formula is C52H31NO2S. The molecular weight excluding hydrogens is 703 g/mol. The van der Waals surface area contributed by atoms with E-state index in [0.717, 1.165) is 60.9 Å². The van der Waals surface area contributed by atoms with Crippen molar-refractivity contribution in [3.63, 3.8) is 0 Å². The molecule has 0 unspecified atom stereocenters. The number of anilines is 3. The standard InChI is InChI=1S/C52H31NO2S/c1-2-13-35(14-3-1)53(36-25-23-32-11-4-5-12-33(32)29-36)37-26-28-48-45(31-37)50-40(17-10-22-49(50)55-48)41-18-9-20-43-42-19-8-16-38(51(42)56-52(41)43)34-24-27-47-44(30-34)39-15-6-7-21-46(39)54-47/h1-31H. The van der Waals surface area contributed by atoms with E-state index >= 15 is 0 Å². The van der Waals surface area contributed by atoms with Crippen molar-refractivity contribution in [3.05, 3.63) is 188 Å². The van der Waals surface area contributed by atoms with Crippen LogP contribution in [0.15, 0.2) is 197 Å². The van der Waals surface area contributed by atoms with E-state index in [4.69, 9.17) is 8.83 Å². The summed E-state index contributed by atoms with van der Waals surface area (Å²) in [6.45, 7) is 0. The molecule has 0 aliphatic heterocycles. The molecule has 0 atom stereocenters. The minimum atomic E-state index is 0.871. The van der Waals surface area contributed by atoms with Crippen LogP contribution in [0, 0.1) is 0 Å². The van der Waals surface area contributed by atoms with Gasteiger partial charge in [0.15, 0.2) is 0 Å². The first kappa shape index (κ1) is 31.2. The van der Waals surface area contributed by atoms with Crippen LogP contribution in [0.2, 0.25) is 0 Å². The third-order valence-electron chi connectivity index (χ3n) is 11.2. The van der Waals surface area contributed by atoms with Crippen molar-refractivity contribution in [2.24, 2.45) is 0 Å². The molecule has 0 fully saturated rings. The fraction of sp³-hybridized carbons (Fsp3) is 0. The summed E-state index contributed by atoms with van der Waals surface area (Å²) in [6, 6.07) is 67.2. The number of nitrogens with zero attached hydrogens (tertiary/aromatic N) is 1. The van der Waals surface area contributed by atoms with Gasteiger partial charge in [-0.25, -0.2) is 0 Å². The molecule has 9 aromatic carbocycles. The van der Waals surface area contributed by atoms with Crippen LogP contribution in [0.3, 0.4) is 0 Å². The van der Waals surface area contributed by atoms with Gasteiger partial charge in [0.05, 0.1) is 0 Å². The molecule has 0 bridgehead atoms. The Morgan fingerprint density at radius 2 is 0.946 bits per heavy atom. The molecule has 0 spiro atoms. The van der Waals surface area contributed by atoms with Gasteiger partial charge in [-0.2, -0.15) is 0 Å². The van der Waals surface area contributed by atoms with Gasteiger partial charge in [0.2, 0.25) is 0 Å². The summed E-state index contributed by atoms with van der Waals surface area (Å²) < 4.78 is 15.3. The Morgan fingerprint density at radius 1 is 0.339 bits per heavy atom. The first-order chi connectivity index (χ1) is 27.7. The number of hydrogen-bond donors (Lipinski definition) is 0. The van der Waals surface area contributed by atoms with Gasteiger partial charge in [-0.15, -0.1) is 11.3 Å². The Morgan fingerprint density at radius 3 is 1.84 bits per heavy atom. The molecule has 3 nitrogen and oxygen atoms in total. The Labute approximate surface area is 325 Å². The van der Waals surface area contributed by atoms with Crippen LogP contribution in [-0.2, 0) is 0 Å². The monoisotopic (exact) mass is 733 g/mol. The maximum Gasteiger partial charge on any atom is 0.136 e. The number of furan rings is 2. The second kappa shape index (κ2) is 12.2. The lowest BCUT2D eigenvalue weighted by Gasteiger charge is -2.26. The molecule has 0 saturated heterocycles. The van der Waals surface area contributed by atoms with Gasteiger partial charge in [-0.3, -0.25) is 0 Å². The Kier molecular flexibility index (Phi) is 6.80. The maximum atomic E-state index is 6.60. The molecule has 0 radical (unpaired) electrons. The van der Waals surface area contributed by atoms with E-state index in [1.54, 1.807) is 0 Å². The minimum Gasteiger partial charge on any atom is -0.456 e. The van der Waals surface area contributed by atoms with Crippen molar-refractivity contribution >= 4 is 103 Å². The highest BCUT2D eigenvalue weighted by Crippen LogP contribution is 2.47. The van der Waals surface area contributed by atoms with Crippen LogP contribution in [0.4, 0.5) is 17.1 Å². The molecule has 0 amide bonds. The van der Waals surface area contributed by atoms with Crippen LogP contribution >= 0.6 is 11.3 Å². The Balaban J connectivity index is 1.05. The quantitative estimate of drug-likeness (QED) is 0.176. The number of para-hydroxylation sites is 2. The second-order valence-electron chi connectivity index (χ2n) is 14.4. The topological polar surface area (TPSA) is 29.5 Å². The maximum absolute atomic E-state index is 6.60. The molecule has 56 heavy (non-hydrogen) atoms. The SMILES string of the molecule is c1ccc(N(c2ccc3ccccc3c2)c2ccc3oc4cccc(-c5cccc6c5sc5c(-c7ccc8oc9ccccc9c8c7)cccc56)c4c3c2)cc1. The summed E-state index contributed by atoms with van der Waals surface area (Å²) in [6.07, 6.45) is 0. The Bertz CT molecular complexity index is 3500. The third-order valence-corrected chi connectivity index (χ3v) is 12.5. The zero-order chi connectivity index (χ0) is 36.7. The molecule has 262 valence electrons. The van der Waals surface area contributed by atoms with Gasteiger partial charge in [0, 0.05) is 64.3 Å². The van der Waals surface area contributed by atoms with Gasteiger partial charge in [0.1, 0.15) is 22.3 Å². The highest BCUT2D eigenvalue weighted by Gasteiger charge is 2.20. The zero-order valence-electron chi connectivity index (χ0n) is 30.1. The van der Waals surface area contributed by atoms with Crippen molar-refractivity contribution in [1.82, 2.24) is 0 Å². The van der Waals surface area contributed by atoms with E-state index < -0.39 is 0 Å². The largest absolute Gasteiger partial charge is 0.456 e. The predicted octanol–water partition coefficient (Wildman–Crippen LogP) is 15.8. The van der Waals surface area contributed by atoms with Gasteiger partial charge in [-0.1, -0.05) is 121 Å². The molecule has 3 heterocycles. The van der Waals surface area contributed by atoms with E-state index in [1.807, 2.05) is 23.5 Å². The molecule has 0 aliphatic rings. The number of rotatable bonds is 5. The smallest absolute Gasteiger partial charge is 0.136 e. The highest BCUT2D eigenvalue weighted by molar-refractivity contribution is 7.26. The number of benzene rings is 9. The first-order valence-electron chi connectivity index (χ1n) is 18.9. The van der Waals surface area contributed by atoms with Crippen molar-refractivity contribution in [1.29, 1.82) is 0 Å². The predicted molar refractivity (Wildman–Crippen MR) is 237 cm³/mol. The van der Waals surface area contributed by atoms with Crippen molar-refractivity contribution in [2.45, 2.75) is 0 Å². The minimum absolute atomic E-state index is 0.871.